The normalized spacial score (nSPS) is 17.3. The predicted molar refractivity (Wildman–Crippen MR) is 100 cm³/mol. The van der Waals surface area contributed by atoms with Crippen LogP contribution in [-0.4, -0.2) is 34.8 Å². The molecule has 1 aliphatic rings. The van der Waals surface area contributed by atoms with E-state index in [9.17, 15) is 9.59 Å². The second kappa shape index (κ2) is 8.49. The number of carbonyl (C=O) groups excluding carboxylic acids is 2. The number of aryl methyl sites for hydroxylation is 2. The number of thiazole rings is 1. The quantitative estimate of drug-likeness (QED) is 0.840. The molecule has 2 amide bonds. The zero-order valence-electron chi connectivity index (χ0n) is 15.3. The van der Waals surface area contributed by atoms with Gasteiger partial charge in [-0.25, -0.2) is 4.98 Å². The van der Waals surface area contributed by atoms with Gasteiger partial charge in [-0.1, -0.05) is 0 Å². The van der Waals surface area contributed by atoms with E-state index in [0.29, 0.717) is 31.1 Å². The van der Waals surface area contributed by atoms with E-state index in [1.165, 1.54) is 11.3 Å². The lowest BCUT2D eigenvalue weighted by molar-refractivity contribution is -0.121. The zero-order chi connectivity index (χ0) is 18.5. The van der Waals surface area contributed by atoms with Crippen molar-refractivity contribution in [1.82, 2.24) is 15.2 Å². The summed E-state index contributed by atoms with van der Waals surface area (Å²) in [6.07, 6.45) is 3.31. The van der Waals surface area contributed by atoms with Crippen LogP contribution in [0.15, 0.2) is 21.9 Å². The molecule has 1 unspecified atom stereocenters. The van der Waals surface area contributed by atoms with E-state index in [0.717, 1.165) is 42.3 Å². The van der Waals surface area contributed by atoms with E-state index < -0.39 is 0 Å². The molecular weight excluding hydrogens is 350 g/mol. The van der Waals surface area contributed by atoms with E-state index >= 15 is 0 Å². The molecule has 7 heteroatoms. The number of hydrogen-bond acceptors (Lipinski definition) is 5. The first-order valence-corrected chi connectivity index (χ1v) is 9.92. The second-order valence-corrected chi connectivity index (χ2v) is 7.90. The Morgan fingerprint density at radius 2 is 2.23 bits per heavy atom. The van der Waals surface area contributed by atoms with Crippen LogP contribution in [0.1, 0.15) is 52.7 Å². The predicted octanol–water partition coefficient (Wildman–Crippen LogP) is 3.30. The van der Waals surface area contributed by atoms with Crippen LogP contribution in [-0.2, 0) is 11.3 Å². The molecule has 1 N–H and O–H groups in total. The molecule has 3 rings (SSSR count). The van der Waals surface area contributed by atoms with Crippen molar-refractivity contribution >= 4 is 23.2 Å². The largest absolute Gasteiger partial charge is 0.465 e. The number of amides is 2. The standard InChI is InChI=1S/C19H25N3O3S/c1-13-5-7-16(25-13)10-20-18(23)8-6-15-4-3-9-22(11-15)19(24)17-12-26-14(2)21-17/h5,7,12,15H,3-4,6,8-11H2,1-2H3,(H,20,23). The molecule has 0 saturated carbocycles. The van der Waals surface area contributed by atoms with Gasteiger partial charge >= 0.3 is 0 Å². The van der Waals surface area contributed by atoms with Gasteiger partial charge in [0.15, 0.2) is 0 Å². The highest BCUT2D eigenvalue weighted by Crippen LogP contribution is 2.23. The Morgan fingerprint density at radius 1 is 1.38 bits per heavy atom. The molecule has 26 heavy (non-hydrogen) atoms. The van der Waals surface area contributed by atoms with Gasteiger partial charge in [0.2, 0.25) is 5.91 Å². The molecule has 3 heterocycles. The summed E-state index contributed by atoms with van der Waals surface area (Å²) in [7, 11) is 0. The minimum atomic E-state index is 0.0108. The van der Waals surface area contributed by atoms with Gasteiger partial charge in [-0.2, -0.15) is 0 Å². The Labute approximate surface area is 157 Å². The molecule has 140 valence electrons. The Balaban J connectivity index is 1.43. The smallest absolute Gasteiger partial charge is 0.273 e. The maximum Gasteiger partial charge on any atom is 0.273 e. The molecule has 6 nitrogen and oxygen atoms in total. The number of piperidine rings is 1. The van der Waals surface area contributed by atoms with Crippen LogP contribution in [0, 0.1) is 19.8 Å². The highest BCUT2D eigenvalue weighted by Gasteiger charge is 2.26. The molecule has 0 bridgehead atoms. The number of nitrogens with one attached hydrogen (secondary N) is 1. The van der Waals surface area contributed by atoms with Crippen LogP contribution in [0.25, 0.3) is 0 Å². The molecular formula is C19H25N3O3S. The molecule has 1 atom stereocenters. The van der Waals surface area contributed by atoms with Crippen LogP contribution < -0.4 is 5.32 Å². The van der Waals surface area contributed by atoms with Gasteiger partial charge in [-0.3, -0.25) is 9.59 Å². The lowest BCUT2D eigenvalue weighted by Gasteiger charge is -2.32. The SMILES string of the molecule is Cc1ccc(CNC(=O)CCC2CCCN(C(=O)c3csc(C)n3)C2)o1. The molecule has 2 aromatic heterocycles. The first-order valence-electron chi connectivity index (χ1n) is 9.04. The Morgan fingerprint density at radius 3 is 2.92 bits per heavy atom. The van der Waals surface area contributed by atoms with Gasteiger partial charge in [-0.05, 0) is 51.2 Å². The molecule has 1 fully saturated rings. The van der Waals surface area contributed by atoms with Crippen LogP contribution in [0.3, 0.4) is 0 Å². The van der Waals surface area contributed by atoms with E-state index in [1.807, 2.05) is 36.3 Å². The third kappa shape index (κ3) is 4.94. The minimum Gasteiger partial charge on any atom is -0.465 e. The van der Waals surface area contributed by atoms with Gasteiger partial charge in [0.05, 0.1) is 11.6 Å². The number of nitrogens with zero attached hydrogens (tertiary/aromatic N) is 2. The summed E-state index contributed by atoms with van der Waals surface area (Å²) in [5.74, 6) is 2.01. The summed E-state index contributed by atoms with van der Waals surface area (Å²) < 4.78 is 5.45. The summed E-state index contributed by atoms with van der Waals surface area (Å²) in [6.45, 7) is 5.69. The fourth-order valence-electron chi connectivity index (χ4n) is 3.30. The molecule has 0 spiro atoms. The summed E-state index contributed by atoms with van der Waals surface area (Å²) >= 11 is 1.50. The monoisotopic (exact) mass is 375 g/mol. The van der Waals surface area contributed by atoms with Gasteiger partial charge < -0.3 is 14.6 Å². The lowest BCUT2D eigenvalue weighted by atomic mass is 9.93. The van der Waals surface area contributed by atoms with Gasteiger partial charge in [0.1, 0.15) is 17.2 Å². The topological polar surface area (TPSA) is 75.4 Å². The third-order valence-corrected chi connectivity index (χ3v) is 5.45. The van der Waals surface area contributed by atoms with Crippen molar-refractivity contribution in [2.24, 2.45) is 5.92 Å². The van der Waals surface area contributed by atoms with Crippen molar-refractivity contribution in [3.8, 4) is 0 Å². The van der Waals surface area contributed by atoms with Gasteiger partial charge in [0, 0.05) is 24.9 Å². The molecule has 0 aromatic carbocycles. The van der Waals surface area contributed by atoms with Crippen molar-refractivity contribution in [1.29, 1.82) is 0 Å². The van der Waals surface area contributed by atoms with Crippen LogP contribution in [0.5, 0.6) is 0 Å². The Bertz CT molecular complexity index is 768. The van der Waals surface area contributed by atoms with E-state index in [1.54, 1.807) is 0 Å². The highest BCUT2D eigenvalue weighted by molar-refractivity contribution is 7.09. The fourth-order valence-corrected chi connectivity index (χ4v) is 3.89. The number of furan rings is 1. The average molecular weight is 375 g/mol. The lowest BCUT2D eigenvalue weighted by Crippen LogP contribution is -2.40. The first kappa shape index (κ1) is 18.6. The summed E-state index contributed by atoms with van der Waals surface area (Å²) in [6, 6.07) is 3.76. The van der Waals surface area contributed by atoms with Crippen LogP contribution in [0.2, 0.25) is 0 Å². The maximum absolute atomic E-state index is 12.5. The number of aromatic nitrogens is 1. The van der Waals surface area contributed by atoms with Crippen molar-refractivity contribution in [2.75, 3.05) is 13.1 Å². The van der Waals surface area contributed by atoms with E-state index in [4.69, 9.17) is 4.42 Å². The number of carbonyl (C=O) groups is 2. The number of rotatable bonds is 6. The van der Waals surface area contributed by atoms with Crippen molar-refractivity contribution in [3.05, 3.63) is 39.7 Å². The average Bonchev–Trinajstić information content (AvgIpc) is 3.26. The van der Waals surface area contributed by atoms with Crippen molar-refractivity contribution < 1.29 is 14.0 Å². The van der Waals surface area contributed by atoms with Crippen molar-refractivity contribution in [2.45, 2.75) is 46.1 Å². The van der Waals surface area contributed by atoms with Crippen molar-refractivity contribution in [3.63, 3.8) is 0 Å². The third-order valence-electron chi connectivity index (χ3n) is 4.68. The maximum atomic E-state index is 12.5. The Hall–Kier alpha value is -2.15. The number of hydrogen-bond donors (Lipinski definition) is 1. The molecule has 0 aliphatic carbocycles. The Kier molecular flexibility index (Phi) is 6.08. The van der Waals surface area contributed by atoms with Crippen LogP contribution in [0.4, 0.5) is 0 Å². The molecule has 1 aliphatic heterocycles. The molecule has 1 saturated heterocycles. The highest BCUT2D eigenvalue weighted by atomic mass is 32.1. The summed E-state index contributed by atoms with van der Waals surface area (Å²) in [4.78, 5) is 30.8. The fraction of sp³-hybridized carbons (Fsp3) is 0.526. The summed E-state index contributed by atoms with van der Waals surface area (Å²) in [5.41, 5.74) is 0.541. The minimum absolute atomic E-state index is 0.0108. The van der Waals surface area contributed by atoms with E-state index in [-0.39, 0.29) is 11.8 Å². The first-order chi connectivity index (χ1) is 12.5. The molecule has 2 aromatic rings. The summed E-state index contributed by atoms with van der Waals surface area (Å²) in [5, 5.41) is 5.62. The number of likely N-dealkylation sites (tertiary alicyclic amines) is 1. The van der Waals surface area contributed by atoms with E-state index in [2.05, 4.69) is 10.3 Å². The van der Waals surface area contributed by atoms with Gasteiger partial charge in [0.25, 0.3) is 5.91 Å². The zero-order valence-corrected chi connectivity index (χ0v) is 16.1. The van der Waals surface area contributed by atoms with Gasteiger partial charge in [-0.15, -0.1) is 11.3 Å². The van der Waals surface area contributed by atoms with Crippen LogP contribution >= 0.6 is 11.3 Å². The molecule has 0 radical (unpaired) electrons. The second-order valence-electron chi connectivity index (χ2n) is 6.84.